The van der Waals surface area contributed by atoms with Crippen LogP contribution in [0.3, 0.4) is 0 Å². The number of benzene rings is 1. The highest BCUT2D eigenvalue weighted by Gasteiger charge is 2.23. The molecule has 1 aliphatic rings. The second-order valence-corrected chi connectivity index (χ2v) is 7.49. The Bertz CT molecular complexity index is 1110. The molecule has 0 aliphatic carbocycles. The first kappa shape index (κ1) is 20.1. The molecule has 0 saturated carbocycles. The SMILES string of the molecule is COc1cc(N2CCN(C(=O)Cn3nc(C)c4cc(N=O)cnc43)CC2)ccc1Cl. The van der Waals surface area contributed by atoms with Crippen molar-refractivity contribution < 1.29 is 9.53 Å². The first-order valence-corrected chi connectivity index (χ1v) is 9.90. The van der Waals surface area contributed by atoms with Crippen molar-refractivity contribution in [3.63, 3.8) is 0 Å². The third kappa shape index (κ3) is 3.80. The van der Waals surface area contributed by atoms with E-state index in [-0.39, 0.29) is 18.1 Å². The quantitative estimate of drug-likeness (QED) is 0.579. The van der Waals surface area contributed by atoms with Gasteiger partial charge in [-0.25, -0.2) is 9.67 Å². The molecule has 1 aliphatic heterocycles. The summed E-state index contributed by atoms with van der Waals surface area (Å²) >= 11 is 6.11. The molecule has 0 N–H and O–H groups in total. The number of ether oxygens (including phenoxy) is 1. The van der Waals surface area contributed by atoms with E-state index in [0.717, 1.165) is 11.1 Å². The number of pyridine rings is 1. The fraction of sp³-hybridized carbons (Fsp3) is 0.350. The van der Waals surface area contributed by atoms with Gasteiger partial charge in [0, 0.05) is 43.3 Å². The van der Waals surface area contributed by atoms with Crippen LogP contribution >= 0.6 is 11.6 Å². The molecule has 9 nitrogen and oxygen atoms in total. The number of aryl methyl sites for hydroxylation is 1. The monoisotopic (exact) mass is 428 g/mol. The van der Waals surface area contributed by atoms with Crippen molar-refractivity contribution >= 4 is 39.9 Å². The molecule has 1 fully saturated rings. The topological polar surface area (TPSA) is 92.9 Å². The van der Waals surface area contributed by atoms with E-state index < -0.39 is 0 Å². The maximum atomic E-state index is 12.8. The molecule has 10 heteroatoms. The van der Waals surface area contributed by atoms with Crippen molar-refractivity contribution in [1.29, 1.82) is 0 Å². The number of nitrogens with zero attached hydrogens (tertiary/aromatic N) is 6. The first-order chi connectivity index (χ1) is 14.5. The molecule has 1 aromatic carbocycles. The van der Waals surface area contributed by atoms with E-state index in [1.54, 1.807) is 17.9 Å². The molecule has 0 unspecified atom stereocenters. The van der Waals surface area contributed by atoms with Crippen LogP contribution < -0.4 is 9.64 Å². The van der Waals surface area contributed by atoms with Crippen LogP contribution in [0.2, 0.25) is 5.02 Å². The third-order valence-corrected chi connectivity index (χ3v) is 5.59. The molecule has 30 heavy (non-hydrogen) atoms. The summed E-state index contributed by atoms with van der Waals surface area (Å²) in [5, 5.41) is 8.62. The van der Waals surface area contributed by atoms with Gasteiger partial charge in [0.25, 0.3) is 0 Å². The number of nitroso groups, excluding NO2 is 1. The second kappa shape index (κ2) is 8.27. The van der Waals surface area contributed by atoms with Crippen LogP contribution in [0.4, 0.5) is 11.4 Å². The van der Waals surface area contributed by atoms with Gasteiger partial charge < -0.3 is 14.5 Å². The Kier molecular flexibility index (Phi) is 5.54. The minimum absolute atomic E-state index is 0.0212. The average Bonchev–Trinajstić information content (AvgIpc) is 3.08. The second-order valence-electron chi connectivity index (χ2n) is 7.09. The number of anilines is 1. The van der Waals surface area contributed by atoms with Gasteiger partial charge in [-0.05, 0) is 30.3 Å². The van der Waals surface area contributed by atoms with Gasteiger partial charge in [0.1, 0.15) is 18.0 Å². The molecule has 0 radical (unpaired) electrons. The number of fused-ring (bicyclic) bond motifs is 1. The summed E-state index contributed by atoms with van der Waals surface area (Å²) in [7, 11) is 1.59. The molecule has 1 amide bonds. The standard InChI is InChI=1S/C20H21ClN6O3/c1-13-16-9-14(24-29)11-22-20(16)27(23-13)12-19(28)26-7-5-25(6-8-26)15-3-4-17(21)18(10-15)30-2/h3-4,9-11H,5-8,12H2,1-2H3. The Balaban J connectivity index is 1.43. The first-order valence-electron chi connectivity index (χ1n) is 9.53. The maximum absolute atomic E-state index is 12.8. The summed E-state index contributed by atoms with van der Waals surface area (Å²) in [5.41, 5.74) is 2.53. The minimum Gasteiger partial charge on any atom is -0.495 e. The number of halogens is 1. The highest BCUT2D eigenvalue weighted by molar-refractivity contribution is 6.32. The Labute approximate surface area is 178 Å². The van der Waals surface area contributed by atoms with E-state index in [2.05, 4.69) is 20.2 Å². The van der Waals surface area contributed by atoms with Crippen LogP contribution in [0.5, 0.6) is 5.75 Å². The largest absolute Gasteiger partial charge is 0.495 e. The number of amides is 1. The van der Waals surface area contributed by atoms with Gasteiger partial charge in [-0.2, -0.15) is 5.10 Å². The number of carbonyl (C=O) groups is 1. The Hall–Kier alpha value is -3.20. The zero-order chi connectivity index (χ0) is 21.3. The van der Waals surface area contributed by atoms with Crippen LogP contribution in [0.15, 0.2) is 35.6 Å². The van der Waals surface area contributed by atoms with Crippen LogP contribution in [0, 0.1) is 11.8 Å². The molecule has 156 valence electrons. The van der Waals surface area contributed by atoms with Gasteiger partial charge in [0.15, 0.2) is 5.65 Å². The van der Waals surface area contributed by atoms with Crippen molar-refractivity contribution in [3.05, 3.63) is 46.1 Å². The Morgan fingerprint density at radius 2 is 2.00 bits per heavy atom. The van der Waals surface area contributed by atoms with Gasteiger partial charge in [-0.15, -0.1) is 4.91 Å². The predicted octanol–water partition coefficient (Wildman–Crippen LogP) is 3.15. The molecule has 0 bridgehead atoms. The summed E-state index contributed by atoms with van der Waals surface area (Å²) in [6.07, 6.45) is 1.39. The van der Waals surface area contributed by atoms with Crippen LogP contribution in [0.1, 0.15) is 5.69 Å². The van der Waals surface area contributed by atoms with E-state index >= 15 is 0 Å². The number of rotatable bonds is 5. The summed E-state index contributed by atoms with van der Waals surface area (Å²) in [6.45, 7) is 4.55. The van der Waals surface area contributed by atoms with Crippen molar-refractivity contribution in [1.82, 2.24) is 19.7 Å². The van der Waals surface area contributed by atoms with E-state index in [1.807, 2.05) is 30.0 Å². The van der Waals surface area contributed by atoms with Gasteiger partial charge in [-0.1, -0.05) is 11.6 Å². The van der Waals surface area contributed by atoms with E-state index in [0.29, 0.717) is 48.3 Å². The molecule has 0 atom stereocenters. The summed E-state index contributed by atoms with van der Waals surface area (Å²) in [4.78, 5) is 31.9. The number of carbonyl (C=O) groups excluding carboxylic acids is 1. The molecule has 2 aromatic heterocycles. The van der Waals surface area contributed by atoms with E-state index in [4.69, 9.17) is 16.3 Å². The average molecular weight is 429 g/mol. The van der Waals surface area contributed by atoms with Crippen LogP contribution in [0.25, 0.3) is 11.0 Å². The molecule has 1 saturated heterocycles. The molecule has 3 heterocycles. The summed E-state index contributed by atoms with van der Waals surface area (Å²) < 4.78 is 6.87. The van der Waals surface area contributed by atoms with Gasteiger partial charge >= 0.3 is 0 Å². The fourth-order valence-corrected chi connectivity index (χ4v) is 3.84. The van der Waals surface area contributed by atoms with Crippen molar-refractivity contribution in [2.75, 3.05) is 38.2 Å². The van der Waals surface area contributed by atoms with Crippen molar-refractivity contribution in [2.24, 2.45) is 5.18 Å². The molecule has 3 aromatic rings. The van der Waals surface area contributed by atoms with Gasteiger partial charge in [0.05, 0.1) is 24.0 Å². The summed E-state index contributed by atoms with van der Waals surface area (Å²) in [5.74, 6) is 0.612. The number of piperazine rings is 1. The Morgan fingerprint density at radius 3 is 2.70 bits per heavy atom. The van der Waals surface area contributed by atoms with Gasteiger partial charge in [0.2, 0.25) is 5.91 Å². The van der Waals surface area contributed by atoms with Crippen LogP contribution in [-0.4, -0.2) is 58.9 Å². The highest BCUT2D eigenvalue weighted by atomic mass is 35.5. The minimum atomic E-state index is -0.0212. The lowest BCUT2D eigenvalue weighted by Gasteiger charge is -2.36. The zero-order valence-electron chi connectivity index (χ0n) is 16.7. The zero-order valence-corrected chi connectivity index (χ0v) is 17.5. The number of methoxy groups -OCH3 is 1. The maximum Gasteiger partial charge on any atom is 0.244 e. The molecular weight excluding hydrogens is 408 g/mol. The van der Waals surface area contributed by atoms with E-state index in [1.165, 1.54) is 6.20 Å². The molecular formula is C20H21ClN6O3. The van der Waals surface area contributed by atoms with E-state index in [9.17, 15) is 9.70 Å². The van der Waals surface area contributed by atoms with Crippen LogP contribution in [-0.2, 0) is 11.3 Å². The highest BCUT2D eigenvalue weighted by Crippen LogP contribution is 2.30. The number of hydrogen-bond donors (Lipinski definition) is 0. The predicted molar refractivity (Wildman–Crippen MR) is 115 cm³/mol. The molecule has 4 rings (SSSR count). The number of aromatic nitrogens is 3. The molecule has 0 spiro atoms. The lowest BCUT2D eigenvalue weighted by Crippen LogP contribution is -2.49. The fourth-order valence-electron chi connectivity index (χ4n) is 3.65. The van der Waals surface area contributed by atoms with Crippen molar-refractivity contribution in [2.45, 2.75) is 13.5 Å². The number of hydrogen-bond acceptors (Lipinski definition) is 7. The lowest BCUT2D eigenvalue weighted by molar-refractivity contribution is -0.132. The summed E-state index contributed by atoms with van der Waals surface area (Å²) in [6, 6.07) is 7.32. The normalized spacial score (nSPS) is 14.2. The Morgan fingerprint density at radius 1 is 1.23 bits per heavy atom. The van der Waals surface area contributed by atoms with Crippen molar-refractivity contribution in [3.8, 4) is 5.75 Å². The smallest absolute Gasteiger partial charge is 0.244 e. The van der Waals surface area contributed by atoms with Gasteiger partial charge in [-0.3, -0.25) is 4.79 Å². The lowest BCUT2D eigenvalue weighted by atomic mass is 10.2. The third-order valence-electron chi connectivity index (χ3n) is 5.28.